The average molecular weight is 347 g/mol. The van der Waals surface area contributed by atoms with Gasteiger partial charge in [-0.25, -0.2) is 4.79 Å². The summed E-state index contributed by atoms with van der Waals surface area (Å²) in [5.41, 5.74) is 1.39. The van der Waals surface area contributed by atoms with Crippen LogP contribution in [0.5, 0.6) is 0 Å². The fraction of sp³-hybridized carbons (Fsp3) is 0.118. The molecule has 24 heavy (non-hydrogen) atoms. The molecule has 2 aromatic rings. The topological polar surface area (TPSA) is 84.5 Å². The van der Waals surface area contributed by atoms with Gasteiger partial charge in [-0.3, -0.25) is 9.59 Å². The van der Waals surface area contributed by atoms with Crippen molar-refractivity contribution in [1.82, 2.24) is 0 Å². The van der Waals surface area contributed by atoms with Gasteiger partial charge in [-0.2, -0.15) is 0 Å². The van der Waals surface area contributed by atoms with E-state index in [0.717, 1.165) is 0 Å². The molecule has 7 heteroatoms. The van der Waals surface area contributed by atoms with Gasteiger partial charge < -0.3 is 15.4 Å². The molecule has 0 spiro atoms. The van der Waals surface area contributed by atoms with E-state index in [4.69, 9.17) is 11.6 Å². The van der Waals surface area contributed by atoms with E-state index in [9.17, 15) is 14.4 Å². The summed E-state index contributed by atoms with van der Waals surface area (Å²) < 4.78 is 4.64. The Balaban J connectivity index is 2.23. The first-order chi connectivity index (χ1) is 11.4. The van der Waals surface area contributed by atoms with Gasteiger partial charge in [-0.05, 0) is 36.4 Å². The molecule has 0 radical (unpaired) electrons. The first-order valence-corrected chi connectivity index (χ1v) is 7.35. The molecule has 0 atom stereocenters. The Bertz CT molecular complexity index is 805. The molecule has 2 rings (SSSR count). The number of benzene rings is 2. The minimum Gasteiger partial charge on any atom is -0.465 e. The molecule has 0 aromatic heterocycles. The van der Waals surface area contributed by atoms with Crippen LogP contribution in [0.2, 0.25) is 5.02 Å². The maximum absolute atomic E-state index is 12.4. The summed E-state index contributed by atoms with van der Waals surface area (Å²) in [5.74, 6) is -1.19. The summed E-state index contributed by atoms with van der Waals surface area (Å²) in [6.45, 7) is 1.38. The Hall–Kier alpha value is -2.86. The maximum Gasteiger partial charge on any atom is 0.337 e. The Kier molecular flexibility index (Phi) is 5.55. The Labute approximate surface area is 143 Å². The largest absolute Gasteiger partial charge is 0.465 e. The zero-order chi connectivity index (χ0) is 17.7. The van der Waals surface area contributed by atoms with Gasteiger partial charge in [-0.15, -0.1) is 0 Å². The highest BCUT2D eigenvalue weighted by Crippen LogP contribution is 2.24. The summed E-state index contributed by atoms with van der Waals surface area (Å²) >= 11 is 6.05. The van der Waals surface area contributed by atoms with E-state index in [-0.39, 0.29) is 22.2 Å². The van der Waals surface area contributed by atoms with Crippen LogP contribution >= 0.6 is 11.6 Å². The first-order valence-electron chi connectivity index (χ1n) is 6.97. The summed E-state index contributed by atoms with van der Waals surface area (Å²) in [6.07, 6.45) is 0. The Morgan fingerprint density at radius 3 is 2.42 bits per heavy atom. The van der Waals surface area contributed by atoms with Crippen molar-refractivity contribution >= 4 is 40.8 Å². The predicted molar refractivity (Wildman–Crippen MR) is 91.5 cm³/mol. The predicted octanol–water partition coefficient (Wildman–Crippen LogP) is 3.34. The number of ether oxygens (including phenoxy) is 1. The van der Waals surface area contributed by atoms with E-state index in [1.165, 1.54) is 38.3 Å². The van der Waals surface area contributed by atoms with Crippen LogP contribution in [-0.2, 0) is 9.53 Å². The first kappa shape index (κ1) is 17.5. The van der Waals surface area contributed by atoms with E-state index in [1.54, 1.807) is 18.2 Å². The minimum absolute atomic E-state index is 0.235. The number of anilines is 2. The molecule has 0 unspecified atom stereocenters. The van der Waals surface area contributed by atoms with Crippen LogP contribution in [0.15, 0.2) is 42.5 Å². The standard InChI is InChI=1S/C17H15ClN2O4/c1-10(21)19-13-5-3-4-11(8-13)16(22)20-15-9-12(17(23)24-2)6-7-14(15)18/h3-9H,1-2H3,(H,19,21)(H,20,22). The van der Waals surface area contributed by atoms with Crippen LogP contribution in [0.4, 0.5) is 11.4 Å². The summed E-state index contributed by atoms with van der Waals surface area (Å²) in [5, 5.41) is 5.52. The zero-order valence-corrected chi connectivity index (χ0v) is 13.8. The SMILES string of the molecule is COC(=O)c1ccc(Cl)c(NC(=O)c2cccc(NC(C)=O)c2)c1. The number of nitrogens with one attached hydrogen (secondary N) is 2. The fourth-order valence-corrected chi connectivity index (χ4v) is 2.17. The van der Waals surface area contributed by atoms with Gasteiger partial charge in [0.25, 0.3) is 5.91 Å². The lowest BCUT2D eigenvalue weighted by atomic mass is 10.1. The van der Waals surface area contributed by atoms with Gasteiger partial charge in [-0.1, -0.05) is 17.7 Å². The molecule has 6 nitrogen and oxygen atoms in total. The van der Waals surface area contributed by atoms with Crippen LogP contribution in [0.3, 0.4) is 0 Å². The monoisotopic (exact) mass is 346 g/mol. The highest BCUT2D eigenvalue weighted by Gasteiger charge is 2.13. The number of halogens is 1. The van der Waals surface area contributed by atoms with Gasteiger partial charge in [0, 0.05) is 18.2 Å². The molecule has 0 heterocycles. The number of hydrogen-bond acceptors (Lipinski definition) is 4. The van der Waals surface area contributed by atoms with E-state index < -0.39 is 11.9 Å². The number of rotatable bonds is 4. The molecule has 2 N–H and O–H groups in total. The van der Waals surface area contributed by atoms with Crippen LogP contribution < -0.4 is 10.6 Å². The third kappa shape index (κ3) is 4.33. The molecule has 0 saturated heterocycles. The van der Waals surface area contributed by atoms with Crippen LogP contribution in [0.1, 0.15) is 27.6 Å². The number of hydrogen-bond donors (Lipinski definition) is 2. The molecule has 0 saturated carbocycles. The average Bonchev–Trinajstić information content (AvgIpc) is 2.55. The molecule has 2 aromatic carbocycles. The van der Waals surface area contributed by atoms with Gasteiger partial charge in [0.15, 0.2) is 0 Å². The lowest BCUT2D eigenvalue weighted by Crippen LogP contribution is -2.14. The number of esters is 1. The second-order valence-corrected chi connectivity index (χ2v) is 5.31. The van der Waals surface area contributed by atoms with Crippen LogP contribution in [0, 0.1) is 0 Å². The minimum atomic E-state index is -0.533. The van der Waals surface area contributed by atoms with Crippen LogP contribution in [0.25, 0.3) is 0 Å². The molecule has 2 amide bonds. The number of carbonyl (C=O) groups excluding carboxylic acids is 3. The zero-order valence-electron chi connectivity index (χ0n) is 13.1. The van der Waals surface area contributed by atoms with Crippen LogP contribution in [-0.4, -0.2) is 24.9 Å². The third-order valence-corrected chi connectivity index (χ3v) is 3.41. The van der Waals surface area contributed by atoms with Crippen molar-refractivity contribution in [1.29, 1.82) is 0 Å². The summed E-state index contributed by atoms with van der Waals surface area (Å²) in [6, 6.07) is 10.9. The maximum atomic E-state index is 12.4. The van der Waals surface area contributed by atoms with Crippen molar-refractivity contribution in [2.75, 3.05) is 17.7 Å². The van der Waals surface area contributed by atoms with Crippen molar-refractivity contribution in [3.05, 3.63) is 58.6 Å². The van der Waals surface area contributed by atoms with Gasteiger partial charge >= 0.3 is 5.97 Å². The number of carbonyl (C=O) groups is 3. The Morgan fingerprint density at radius 2 is 1.75 bits per heavy atom. The van der Waals surface area contributed by atoms with Crippen molar-refractivity contribution in [2.24, 2.45) is 0 Å². The lowest BCUT2D eigenvalue weighted by Gasteiger charge is -2.10. The van der Waals surface area contributed by atoms with E-state index >= 15 is 0 Å². The molecule has 124 valence electrons. The third-order valence-electron chi connectivity index (χ3n) is 3.08. The van der Waals surface area contributed by atoms with Gasteiger partial charge in [0.2, 0.25) is 5.91 Å². The molecule has 0 aliphatic carbocycles. The molecular formula is C17H15ClN2O4. The molecule has 0 bridgehead atoms. The van der Waals surface area contributed by atoms with E-state index in [2.05, 4.69) is 15.4 Å². The summed E-state index contributed by atoms with van der Waals surface area (Å²) in [7, 11) is 1.27. The Morgan fingerprint density at radius 1 is 1.00 bits per heavy atom. The van der Waals surface area contributed by atoms with Crippen molar-refractivity contribution < 1.29 is 19.1 Å². The lowest BCUT2D eigenvalue weighted by molar-refractivity contribution is -0.114. The highest BCUT2D eigenvalue weighted by atomic mass is 35.5. The fourth-order valence-electron chi connectivity index (χ4n) is 2.00. The van der Waals surface area contributed by atoms with Gasteiger partial charge in [0.1, 0.15) is 0 Å². The number of amides is 2. The smallest absolute Gasteiger partial charge is 0.337 e. The molecule has 0 fully saturated rings. The molecule has 0 aliphatic rings. The van der Waals surface area contributed by atoms with Crippen molar-refractivity contribution in [3.63, 3.8) is 0 Å². The highest BCUT2D eigenvalue weighted by molar-refractivity contribution is 6.34. The second-order valence-electron chi connectivity index (χ2n) is 4.90. The molecule has 0 aliphatic heterocycles. The second kappa shape index (κ2) is 7.61. The quantitative estimate of drug-likeness (QED) is 0.831. The van der Waals surface area contributed by atoms with Crippen molar-refractivity contribution in [2.45, 2.75) is 6.92 Å². The number of methoxy groups -OCH3 is 1. The summed E-state index contributed by atoms with van der Waals surface area (Å²) in [4.78, 5) is 35.0. The van der Waals surface area contributed by atoms with Crippen molar-refractivity contribution in [3.8, 4) is 0 Å². The van der Waals surface area contributed by atoms with Gasteiger partial charge in [0.05, 0.1) is 23.4 Å². The molecular weight excluding hydrogens is 332 g/mol. The van der Waals surface area contributed by atoms with E-state index in [1.807, 2.05) is 0 Å². The van der Waals surface area contributed by atoms with E-state index in [0.29, 0.717) is 11.3 Å². The normalized spacial score (nSPS) is 9.96.